The maximum Gasteiger partial charge on any atom is 0.284 e. The number of halogens is 1. The van der Waals surface area contributed by atoms with Crippen LogP contribution >= 0.6 is 15.9 Å². The topological polar surface area (TPSA) is 78.4 Å². The summed E-state index contributed by atoms with van der Waals surface area (Å²) in [4.78, 5) is 10.2. The van der Waals surface area contributed by atoms with Gasteiger partial charge in [0, 0.05) is 17.7 Å². The second-order valence-corrected chi connectivity index (χ2v) is 3.87. The molecule has 1 heterocycles. The van der Waals surface area contributed by atoms with Gasteiger partial charge >= 0.3 is 0 Å². The molecule has 74 valence electrons. The molecule has 1 atom stereocenters. The molecule has 1 aromatic carbocycles. The maximum atomic E-state index is 10.6. The van der Waals surface area contributed by atoms with Gasteiger partial charge in [0.1, 0.15) is 12.4 Å². The van der Waals surface area contributed by atoms with Crippen molar-refractivity contribution in [1.82, 2.24) is 0 Å². The van der Waals surface area contributed by atoms with E-state index >= 15 is 0 Å². The van der Waals surface area contributed by atoms with Crippen molar-refractivity contribution in [2.45, 2.75) is 6.04 Å². The third-order valence-electron chi connectivity index (χ3n) is 2.09. The van der Waals surface area contributed by atoms with Gasteiger partial charge in [-0.1, -0.05) is 0 Å². The minimum Gasteiger partial charge on any atom is -0.491 e. The van der Waals surface area contributed by atoms with Crippen LogP contribution in [0.15, 0.2) is 16.6 Å². The van der Waals surface area contributed by atoms with Gasteiger partial charge < -0.3 is 10.5 Å². The Morgan fingerprint density at radius 1 is 1.64 bits per heavy atom. The highest BCUT2D eigenvalue weighted by atomic mass is 79.9. The Labute approximate surface area is 88.1 Å². The highest BCUT2D eigenvalue weighted by Gasteiger charge is 2.25. The zero-order chi connectivity index (χ0) is 10.3. The summed E-state index contributed by atoms with van der Waals surface area (Å²) in [6.45, 7) is 0.378. The molecule has 1 aliphatic rings. The third kappa shape index (κ3) is 1.36. The van der Waals surface area contributed by atoms with E-state index in [-0.39, 0.29) is 11.7 Å². The van der Waals surface area contributed by atoms with E-state index in [2.05, 4.69) is 15.9 Å². The van der Waals surface area contributed by atoms with Crippen molar-refractivity contribution in [1.29, 1.82) is 0 Å². The van der Waals surface area contributed by atoms with E-state index < -0.39 is 4.92 Å². The molecular formula is C8H7BrN2O3. The Morgan fingerprint density at radius 2 is 2.36 bits per heavy atom. The summed E-state index contributed by atoms with van der Waals surface area (Å²) in [5.41, 5.74) is 6.42. The lowest BCUT2D eigenvalue weighted by Gasteiger charge is -2.01. The number of nitrogens with zero attached hydrogens (tertiary/aromatic N) is 1. The Bertz CT molecular complexity index is 408. The van der Waals surface area contributed by atoms with E-state index in [0.29, 0.717) is 22.4 Å². The van der Waals surface area contributed by atoms with Crippen LogP contribution in [0.25, 0.3) is 0 Å². The van der Waals surface area contributed by atoms with Crippen molar-refractivity contribution in [2.75, 3.05) is 6.61 Å². The lowest BCUT2D eigenvalue weighted by Crippen LogP contribution is -2.10. The van der Waals surface area contributed by atoms with Crippen molar-refractivity contribution in [3.05, 3.63) is 32.3 Å². The van der Waals surface area contributed by atoms with Gasteiger partial charge in [0.2, 0.25) is 0 Å². The molecule has 0 bridgehead atoms. The number of hydrogen-bond donors (Lipinski definition) is 1. The summed E-state index contributed by atoms with van der Waals surface area (Å²) in [6.07, 6.45) is 0. The van der Waals surface area contributed by atoms with E-state index in [1.54, 1.807) is 6.07 Å². The Hall–Kier alpha value is -1.14. The summed E-state index contributed by atoms with van der Waals surface area (Å²) < 4.78 is 5.66. The highest BCUT2D eigenvalue weighted by molar-refractivity contribution is 9.10. The first kappa shape index (κ1) is 9.42. The zero-order valence-corrected chi connectivity index (χ0v) is 8.65. The molecule has 0 spiro atoms. The SMILES string of the molecule is N[C@@H]1COc2cc(Br)c([N+](=O)[O-])cc21. The van der Waals surface area contributed by atoms with Gasteiger partial charge in [-0.05, 0) is 15.9 Å². The van der Waals surface area contributed by atoms with Crippen molar-refractivity contribution in [2.24, 2.45) is 5.73 Å². The van der Waals surface area contributed by atoms with E-state index in [4.69, 9.17) is 10.5 Å². The van der Waals surface area contributed by atoms with E-state index in [0.717, 1.165) is 0 Å². The van der Waals surface area contributed by atoms with Crippen LogP contribution in [0, 0.1) is 10.1 Å². The highest BCUT2D eigenvalue weighted by Crippen LogP contribution is 2.38. The molecule has 0 aromatic heterocycles. The van der Waals surface area contributed by atoms with Gasteiger partial charge in [-0.15, -0.1) is 0 Å². The standard InChI is InChI=1S/C8H7BrN2O3/c9-5-2-8-4(6(10)3-14-8)1-7(5)11(12)13/h1-2,6H,3,10H2/t6-/m1/s1. The molecule has 2 N–H and O–H groups in total. The quantitative estimate of drug-likeness (QED) is 0.615. The maximum absolute atomic E-state index is 10.6. The molecule has 0 amide bonds. The molecule has 2 rings (SSSR count). The summed E-state index contributed by atoms with van der Waals surface area (Å²) in [5.74, 6) is 0.620. The van der Waals surface area contributed by atoms with Crippen LogP contribution in [0.4, 0.5) is 5.69 Å². The van der Waals surface area contributed by atoms with Gasteiger partial charge in [-0.2, -0.15) is 0 Å². The fraction of sp³-hybridized carbons (Fsp3) is 0.250. The zero-order valence-electron chi connectivity index (χ0n) is 7.07. The van der Waals surface area contributed by atoms with Crippen LogP contribution in [0.5, 0.6) is 5.75 Å². The van der Waals surface area contributed by atoms with Crippen molar-refractivity contribution >= 4 is 21.6 Å². The number of rotatable bonds is 1. The predicted octanol–water partition coefficient (Wildman–Crippen LogP) is 1.75. The largest absolute Gasteiger partial charge is 0.491 e. The Balaban J connectivity index is 2.57. The van der Waals surface area contributed by atoms with E-state index in [1.807, 2.05) is 0 Å². The summed E-state index contributed by atoms with van der Waals surface area (Å²) >= 11 is 3.11. The number of nitrogens with two attached hydrogens (primary N) is 1. The Morgan fingerprint density at radius 3 is 3.00 bits per heavy atom. The van der Waals surface area contributed by atoms with Gasteiger partial charge in [0.15, 0.2) is 0 Å². The van der Waals surface area contributed by atoms with Crippen molar-refractivity contribution < 1.29 is 9.66 Å². The lowest BCUT2D eigenvalue weighted by molar-refractivity contribution is -0.385. The summed E-state index contributed by atoms with van der Waals surface area (Å²) in [5, 5.41) is 10.6. The first-order valence-electron chi connectivity index (χ1n) is 3.96. The normalized spacial score (nSPS) is 18.9. The average molecular weight is 259 g/mol. The number of fused-ring (bicyclic) bond motifs is 1. The van der Waals surface area contributed by atoms with Crippen LogP contribution in [-0.4, -0.2) is 11.5 Å². The summed E-state index contributed by atoms with van der Waals surface area (Å²) in [7, 11) is 0. The van der Waals surface area contributed by atoms with Crippen LogP contribution in [0.2, 0.25) is 0 Å². The van der Waals surface area contributed by atoms with Crippen LogP contribution < -0.4 is 10.5 Å². The fourth-order valence-corrected chi connectivity index (χ4v) is 1.85. The molecule has 0 aliphatic carbocycles. The first-order chi connectivity index (χ1) is 6.59. The number of benzene rings is 1. The number of nitro groups is 1. The minimum atomic E-state index is -0.449. The number of hydrogen-bond acceptors (Lipinski definition) is 4. The van der Waals surface area contributed by atoms with Crippen LogP contribution in [0.3, 0.4) is 0 Å². The van der Waals surface area contributed by atoms with E-state index in [9.17, 15) is 10.1 Å². The molecule has 0 radical (unpaired) electrons. The molecule has 6 heteroatoms. The Kier molecular flexibility index (Phi) is 2.16. The van der Waals surface area contributed by atoms with Crippen LogP contribution in [-0.2, 0) is 0 Å². The van der Waals surface area contributed by atoms with Gasteiger partial charge in [-0.25, -0.2) is 0 Å². The fourth-order valence-electron chi connectivity index (χ4n) is 1.38. The summed E-state index contributed by atoms with van der Waals surface area (Å²) in [6, 6.07) is 2.77. The number of nitro benzene ring substituents is 1. The molecule has 14 heavy (non-hydrogen) atoms. The molecule has 5 nitrogen and oxygen atoms in total. The molecule has 0 fully saturated rings. The number of ether oxygens (including phenoxy) is 1. The minimum absolute atomic E-state index is 0.0182. The first-order valence-corrected chi connectivity index (χ1v) is 4.75. The molecule has 0 saturated carbocycles. The monoisotopic (exact) mass is 258 g/mol. The molecule has 1 aromatic rings. The molecule has 1 aliphatic heterocycles. The molecule has 0 saturated heterocycles. The van der Waals surface area contributed by atoms with Gasteiger partial charge in [-0.3, -0.25) is 10.1 Å². The second-order valence-electron chi connectivity index (χ2n) is 3.02. The second kappa shape index (κ2) is 3.21. The van der Waals surface area contributed by atoms with Gasteiger partial charge in [0.05, 0.1) is 15.4 Å². The lowest BCUT2D eigenvalue weighted by atomic mass is 10.1. The molecule has 0 unspecified atom stereocenters. The van der Waals surface area contributed by atoms with Gasteiger partial charge in [0.25, 0.3) is 5.69 Å². The molecular weight excluding hydrogens is 252 g/mol. The van der Waals surface area contributed by atoms with E-state index in [1.165, 1.54) is 6.07 Å². The smallest absolute Gasteiger partial charge is 0.284 e. The van der Waals surface area contributed by atoms with Crippen molar-refractivity contribution in [3.63, 3.8) is 0 Å². The van der Waals surface area contributed by atoms with Crippen LogP contribution in [0.1, 0.15) is 11.6 Å². The average Bonchev–Trinajstić information content (AvgIpc) is 2.46. The van der Waals surface area contributed by atoms with Crippen molar-refractivity contribution in [3.8, 4) is 5.75 Å². The predicted molar refractivity (Wildman–Crippen MR) is 53.2 cm³/mol. The third-order valence-corrected chi connectivity index (χ3v) is 2.73.